The van der Waals surface area contributed by atoms with Crippen molar-refractivity contribution in [1.29, 1.82) is 0 Å². The van der Waals surface area contributed by atoms with E-state index in [-0.39, 0.29) is 12.8 Å². The van der Waals surface area contributed by atoms with Crippen LogP contribution in [0.15, 0.2) is 12.2 Å². The Balaban J connectivity index is 4.44. The Morgan fingerprint density at radius 3 is 2.44 bits per heavy atom. The fourth-order valence-electron chi connectivity index (χ4n) is 1.35. The highest BCUT2D eigenvalue weighted by Gasteiger charge is 2.21. The molecule has 0 aliphatic carbocycles. The molecule has 0 aromatic rings. The van der Waals surface area contributed by atoms with Gasteiger partial charge in [-0.1, -0.05) is 6.08 Å². The zero-order valence-corrected chi connectivity index (χ0v) is 10.8. The molecule has 0 rings (SSSR count). The Labute approximate surface area is 106 Å². The summed E-state index contributed by atoms with van der Waals surface area (Å²) in [5, 5.41) is 10.6. The van der Waals surface area contributed by atoms with E-state index in [4.69, 9.17) is 4.74 Å². The van der Waals surface area contributed by atoms with Crippen molar-refractivity contribution in [2.45, 2.75) is 18.9 Å². The van der Waals surface area contributed by atoms with Crippen LogP contribution in [0.2, 0.25) is 0 Å². The topological polar surface area (TPSA) is 83.5 Å². The molecule has 0 aromatic heterocycles. The van der Waals surface area contributed by atoms with E-state index in [9.17, 15) is 19.5 Å². The van der Waals surface area contributed by atoms with Crippen LogP contribution in [0.3, 0.4) is 0 Å². The third-order valence-electron chi connectivity index (χ3n) is 1.88. The molecule has 101 valence electrons. The van der Waals surface area contributed by atoms with Gasteiger partial charge in [-0.15, -0.1) is 0 Å². The number of carboxylic acid groups (broad SMARTS) is 1. The lowest BCUT2D eigenvalue weighted by molar-refractivity contribution is -0.873. The molecule has 0 spiro atoms. The number of ether oxygens (including phenoxy) is 1. The number of esters is 1. The first-order valence-corrected chi connectivity index (χ1v) is 5.47. The molecule has 0 amide bonds. The van der Waals surface area contributed by atoms with Crippen LogP contribution in [0.4, 0.5) is 0 Å². The van der Waals surface area contributed by atoms with Gasteiger partial charge < -0.3 is 19.1 Å². The second-order valence-corrected chi connectivity index (χ2v) is 4.86. The Hall–Kier alpha value is -1.69. The number of rotatable bonds is 8. The molecular weight excluding hydrogens is 238 g/mol. The summed E-state index contributed by atoms with van der Waals surface area (Å²) in [5.41, 5.74) is 0. The van der Waals surface area contributed by atoms with E-state index in [1.54, 1.807) is 6.29 Å². The van der Waals surface area contributed by atoms with Crippen LogP contribution in [0, 0.1) is 0 Å². The lowest BCUT2D eigenvalue weighted by Crippen LogP contribution is -2.45. The normalized spacial score (nSPS) is 13.3. The number of aliphatic carboxylic acids is 1. The zero-order valence-electron chi connectivity index (χ0n) is 10.8. The van der Waals surface area contributed by atoms with Crippen molar-refractivity contribution in [2.24, 2.45) is 0 Å². The Kier molecular flexibility index (Phi) is 6.89. The Morgan fingerprint density at radius 1 is 1.39 bits per heavy atom. The summed E-state index contributed by atoms with van der Waals surface area (Å²) in [6.45, 7) is 0.355. The molecule has 0 heterocycles. The number of carboxylic acids is 1. The van der Waals surface area contributed by atoms with Crippen LogP contribution in [-0.2, 0) is 19.1 Å². The van der Waals surface area contributed by atoms with Crippen LogP contribution < -0.4 is 5.11 Å². The number of carbonyl (C=O) groups excluding carboxylic acids is 3. The molecule has 6 nitrogen and oxygen atoms in total. The maximum Gasteiger partial charge on any atom is 0.330 e. The molecule has 6 heteroatoms. The number of hydrogen-bond acceptors (Lipinski definition) is 5. The molecule has 1 unspecified atom stereocenters. The third kappa shape index (κ3) is 9.53. The van der Waals surface area contributed by atoms with Crippen LogP contribution in [0.5, 0.6) is 0 Å². The van der Waals surface area contributed by atoms with E-state index in [1.165, 1.54) is 6.08 Å². The number of likely N-dealkylation sites (N-methyl/N-ethyl adjacent to an activating group) is 1. The van der Waals surface area contributed by atoms with Gasteiger partial charge in [0, 0.05) is 24.9 Å². The summed E-state index contributed by atoms with van der Waals surface area (Å²) in [7, 11) is 5.56. The summed E-state index contributed by atoms with van der Waals surface area (Å²) < 4.78 is 5.45. The maximum atomic E-state index is 11.3. The van der Waals surface area contributed by atoms with Crippen molar-refractivity contribution >= 4 is 18.2 Å². The molecule has 18 heavy (non-hydrogen) atoms. The van der Waals surface area contributed by atoms with Crippen molar-refractivity contribution in [3.8, 4) is 0 Å². The average Bonchev–Trinajstić information content (AvgIpc) is 2.13. The van der Waals surface area contributed by atoms with Gasteiger partial charge in [-0.05, 0) is 0 Å². The Morgan fingerprint density at radius 2 is 2.00 bits per heavy atom. The molecule has 0 fully saturated rings. The molecule has 0 saturated heterocycles. The lowest BCUT2D eigenvalue weighted by Gasteiger charge is -2.28. The third-order valence-corrected chi connectivity index (χ3v) is 1.88. The van der Waals surface area contributed by atoms with Crippen molar-refractivity contribution in [3.63, 3.8) is 0 Å². The molecule has 0 aliphatic rings. The highest BCUT2D eigenvalue weighted by molar-refractivity contribution is 5.82. The molecule has 0 aliphatic heterocycles. The molecular formula is C12H18NO5. The summed E-state index contributed by atoms with van der Waals surface area (Å²) in [6, 6.07) is 0. The van der Waals surface area contributed by atoms with Gasteiger partial charge in [0.05, 0.1) is 21.1 Å². The van der Waals surface area contributed by atoms with Crippen molar-refractivity contribution < 1.29 is 28.7 Å². The predicted octanol–water partition coefficient (Wildman–Crippen LogP) is -1.20. The first-order valence-electron chi connectivity index (χ1n) is 5.47. The van der Waals surface area contributed by atoms with Gasteiger partial charge in [0.25, 0.3) is 0 Å². The second-order valence-electron chi connectivity index (χ2n) is 4.86. The molecule has 0 N–H and O–H groups in total. The van der Waals surface area contributed by atoms with Gasteiger partial charge in [0.1, 0.15) is 6.54 Å². The van der Waals surface area contributed by atoms with Gasteiger partial charge >= 0.3 is 5.97 Å². The van der Waals surface area contributed by atoms with E-state index in [1.807, 2.05) is 21.1 Å². The standard InChI is InChI=1S/C12H18NO5/c1-13(2,3)9-10(8-11(15)16)18-12(17)6-4-5-7-14/h4,6,10H,5,8-9H2,1-3H3. The monoisotopic (exact) mass is 256 g/mol. The van der Waals surface area contributed by atoms with Gasteiger partial charge in [0.2, 0.25) is 6.29 Å². The van der Waals surface area contributed by atoms with Crippen LogP contribution in [0.1, 0.15) is 12.8 Å². The fraction of sp³-hybridized carbons (Fsp3) is 0.583. The zero-order chi connectivity index (χ0) is 14.2. The number of nitrogens with zero attached hydrogens (tertiary/aromatic N) is 1. The van der Waals surface area contributed by atoms with Crippen molar-refractivity contribution in [3.05, 3.63) is 12.2 Å². The first kappa shape index (κ1) is 16.3. The number of allylic oxidation sites excluding steroid dienone is 1. The molecule has 0 aromatic carbocycles. The van der Waals surface area contributed by atoms with Crippen LogP contribution in [-0.4, -0.2) is 56.5 Å². The summed E-state index contributed by atoms with van der Waals surface area (Å²) in [4.78, 5) is 31.8. The molecule has 0 saturated carbocycles. The molecule has 1 radical (unpaired) electrons. The minimum absolute atomic E-state index is 0.00438. The van der Waals surface area contributed by atoms with E-state index < -0.39 is 18.0 Å². The summed E-state index contributed by atoms with van der Waals surface area (Å²) in [6.07, 6.45) is 2.87. The van der Waals surface area contributed by atoms with Crippen molar-refractivity contribution in [2.75, 3.05) is 27.7 Å². The fourth-order valence-corrected chi connectivity index (χ4v) is 1.35. The Bertz CT molecular complexity index is 330. The minimum atomic E-state index is -1.27. The number of hydrogen-bond donors (Lipinski definition) is 0. The van der Waals surface area contributed by atoms with E-state index in [2.05, 4.69) is 0 Å². The highest BCUT2D eigenvalue weighted by atomic mass is 16.5. The largest absolute Gasteiger partial charge is 0.550 e. The van der Waals surface area contributed by atoms with Crippen molar-refractivity contribution in [1.82, 2.24) is 0 Å². The number of carbonyl (C=O) groups is 2. The van der Waals surface area contributed by atoms with E-state index in [0.717, 1.165) is 6.08 Å². The average molecular weight is 256 g/mol. The van der Waals surface area contributed by atoms with Gasteiger partial charge in [-0.25, -0.2) is 4.79 Å². The predicted molar refractivity (Wildman–Crippen MR) is 61.9 cm³/mol. The van der Waals surface area contributed by atoms with Crippen LogP contribution >= 0.6 is 0 Å². The SMILES string of the molecule is C[N+](C)(C)CC(CC(=O)[O-])OC(=O)C=CC[C]=O. The second kappa shape index (κ2) is 7.60. The van der Waals surface area contributed by atoms with E-state index >= 15 is 0 Å². The smallest absolute Gasteiger partial charge is 0.330 e. The lowest BCUT2D eigenvalue weighted by atomic mass is 10.2. The minimum Gasteiger partial charge on any atom is -0.550 e. The van der Waals surface area contributed by atoms with Gasteiger partial charge in [-0.2, -0.15) is 0 Å². The molecule has 1 atom stereocenters. The number of quaternary nitrogens is 1. The van der Waals surface area contributed by atoms with E-state index in [0.29, 0.717) is 11.0 Å². The summed E-state index contributed by atoms with van der Waals surface area (Å²) >= 11 is 0. The highest BCUT2D eigenvalue weighted by Crippen LogP contribution is 2.05. The molecule has 0 bridgehead atoms. The summed E-state index contributed by atoms with van der Waals surface area (Å²) in [5.74, 6) is -1.95. The maximum absolute atomic E-state index is 11.3. The van der Waals surface area contributed by atoms with Gasteiger partial charge in [0.15, 0.2) is 6.10 Å². The first-order chi connectivity index (χ1) is 8.24. The van der Waals surface area contributed by atoms with Crippen LogP contribution in [0.25, 0.3) is 0 Å². The quantitative estimate of drug-likeness (QED) is 0.309. The van der Waals surface area contributed by atoms with Gasteiger partial charge in [-0.3, -0.25) is 4.79 Å².